The van der Waals surface area contributed by atoms with Gasteiger partial charge in [0.05, 0.1) is 24.8 Å². The lowest BCUT2D eigenvalue weighted by Gasteiger charge is -2.13. The van der Waals surface area contributed by atoms with Crippen LogP contribution in [0.1, 0.15) is 15.9 Å². The number of nitrogens with one attached hydrogen (secondary N) is 2. The van der Waals surface area contributed by atoms with Gasteiger partial charge in [-0.2, -0.15) is 0 Å². The predicted octanol–water partition coefficient (Wildman–Crippen LogP) is 4.07. The Morgan fingerprint density at radius 3 is 2.30 bits per heavy atom. The molecule has 0 fully saturated rings. The molecular weight excluding hydrogens is 404 g/mol. The monoisotopic (exact) mass is 426 g/mol. The lowest BCUT2D eigenvalue weighted by molar-refractivity contribution is 0.102. The summed E-state index contributed by atoms with van der Waals surface area (Å²) >= 11 is 0. The van der Waals surface area contributed by atoms with Crippen molar-refractivity contribution in [2.75, 3.05) is 24.3 Å². The van der Waals surface area contributed by atoms with Crippen molar-refractivity contribution >= 4 is 27.3 Å². The van der Waals surface area contributed by atoms with Crippen LogP contribution in [0.15, 0.2) is 71.6 Å². The summed E-state index contributed by atoms with van der Waals surface area (Å²) < 4.78 is 38.1. The fourth-order valence-electron chi connectivity index (χ4n) is 2.75. The van der Waals surface area contributed by atoms with Crippen molar-refractivity contribution in [2.24, 2.45) is 0 Å². The summed E-state index contributed by atoms with van der Waals surface area (Å²) in [6, 6.07) is 17.8. The van der Waals surface area contributed by atoms with Crippen LogP contribution >= 0.6 is 0 Å². The molecule has 156 valence electrons. The highest BCUT2D eigenvalue weighted by atomic mass is 32.2. The maximum atomic E-state index is 12.7. The summed E-state index contributed by atoms with van der Waals surface area (Å²) in [5, 5.41) is 2.76. The highest BCUT2D eigenvalue weighted by Gasteiger charge is 2.16. The first-order valence-corrected chi connectivity index (χ1v) is 10.5. The number of carbonyl (C=O) groups excluding carboxylic acids is 1. The first-order valence-electron chi connectivity index (χ1n) is 9.05. The zero-order chi connectivity index (χ0) is 21.7. The second-order valence-corrected chi connectivity index (χ2v) is 8.20. The van der Waals surface area contributed by atoms with E-state index in [4.69, 9.17) is 9.47 Å². The molecule has 0 bridgehead atoms. The average Bonchev–Trinajstić information content (AvgIpc) is 2.74. The molecule has 0 atom stereocenters. The molecular formula is C22H22N2O5S. The summed E-state index contributed by atoms with van der Waals surface area (Å²) in [6.45, 7) is 1.88. The number of hydrogen-bond donors (Lipinski definition) is 2. The minimum Gasteiger partial charge on any atom is -0.497 e. The Morgan fingerprint density at radius 1 is 0.900 bits per heavy atom. The van der Waals surface area contributed by atoms with E-state index < -0.39 is 15.9 Å². The molecule has 0 aliphatic carbocycles. The third kappa shape index (κ3) is 4.90. The number of sulfonamides is 1. The van der Waals surface area contributed by atoms with Crippen LogP contribution in [0, 0.1) is 6.92 Å². The van der Waals surface area contributed by atoms with Crippen LogP contribution < -0.4 is 19.5 Å². The number of carbonyl (C=O) groups is 1. The molecule has 0 saturated carbocycles. The van der Waals surface area contributed by atoms with E-state index in [-0.39, 0.29) is 16.1 Å². The molecule has 2 N–H and O–H groups in total. The van der Waals surface area contributed by atoms with Gasteiger partial charge in [0.1, 0.15) is 11.5 Å². The normalized spacial score (nSPS) is 10.9. The van der Waals surface area contributed by atoms with Gasteiger partial charge in [-0.15, -0.1) is 0 Å². The third-order valence-corrected chi connectivity index (χ3v) is 5.76. The Bertz CT molecular complexity index is 1160. The van der Waals surface area contributed by atoms with Gasteiger partial charge in [-0.1, -0.05) is 23.8 Å². The van der Waals surface area contributed by atoms with E-state index in [1.54, 1.807) is 48.5 Å². The molecule has 0 spiro atoms. The van der Waals surface area contributed by atoms with Crippen LogP contribution in [0.25, 0.3) is 0 Å². The quantitative estimate of drug-likeness (QED) is 0.594. The van der Waals surface area contributed by atoms with Gasteiger partial charge in [0, 0.05) is 17.3 Å². The van der Waals surface area contributed by atoms with Gasteiger partial charge in [0.15, 0.2) is 0 Å². The summed E-state index contributed by atoms with van der Waals surface area (Å²) in [6.07, 6.45) is 0. The fraction of sp³-hybridized carbons (Fsp3) is 0.136. The van der Waals surface area contributed by atoms with Crippen molar-refractivity contribution < 1.29 is 22.7 Å². The molecule has 0 saturated heterocycles. The summed E-state index contributed by atoms with van der Waals surface area (Å²) in [5.41, 5.74) is 2.00. The molecule has 0 aromatic heterocycles. The second kappa shape index (κ2) is 8.87. The Morgan fingerprint density at radius 2 is 1.63 bits per heavy atom. The van der Waals surface area contributed by atoms with Gasteiger partial charge in [0.25, 0.3) is 15.9 Å². The molecule has 0 heterocycles. The lowest BCUT2D eigenvalue weighted by atomic mass is 10.2. The van der Waals surface area contributed by atoms with Crippen molar-refractivity contribution in [3.05, 3.63) is 77.9 Å². The van der Waals surface area contributed by atoms with E-state index in [2.05, 4.69) is 10.0 Å². The molecule has 30 heavy (non-hydrogen) atoms. The summed E-state index contributed by atoms with van der Waals surface area (Å²) in [7, 11) is -0.737. The zero-order valence-electron chi connectivity index (χ0n) is 16.8. The summed E-state index contributed by atoms with van der Waals surface area (Å²) in [5.74, 6) is 0.631. The molecule has 8 heteroatoms. The molecule has 3 aromatic rings. The van der Waals surface area contributed by atoms with Gasteiger partial charge in [-0.3, -0.25) is 9.52 Å². The SMILES string of the molecule is COc1ccc(NC(=O)c2cccc(NS(=O)(=O)c3ccc(C)cc3)c2)c(OC)c1. The Kier molecular flexibility index (Phi) is 6.27. The maximum Gasteiger partial charge on any atom is 0.261 e. The van der Waals surface area contributed by atoms with Gasteiger partial charge >= 0.3 is 0 Å². The molecule has 0 radical (unpaired) electrons. The van der Waals surface area contributed by atoms with Crippen molar-refractivity contribution in [1.29, 1.82) is 0 Å². The number of benzene rings is 3. The van der Waals surface area contributed by atoms with E-state index in [1.165, 1.54) is 32.4 Å². The highest BCUT2D eigenvalue weighted by molar-refractivity contribution is 7.92. The maximum absolute atomic E-state index is 12.7. The van der Waals surface area contributed by atoms with Crippen LogP contribution in [0.3, 0.4) is 0 Å². The number of hydrogen-bond acceptors (Lipinski definition) is 5. The third-order valence-electron chi connectivity index (χ3n) is 4.37. The van der Waals surface area contributed by atoms with Crippen molar-refractivity contribution in [3.63, 3.8) is 0 Å². The van der Waals surface area contributed by atoms with Gasteiger partial charge in [0.2, 0.25) is 0 Å². The van der Waals surface area contributed by atoms with Crippen LogP contribution in [0.4, 0.5) is 11.4 Å². The van der Waals surface area contributed by atoms with E-state index in [9.17, 15) is 13.2 Å². The second-order valence-electron chi connectivity index (χ2n) is 6.52. The molecule has 0 unspecified atom stereocenters. The number of ether oxygens (including phenoxy) is 2. The number of aryl methyl sites for hydroxylation is 1. The zero-order valence-corrected chi connectivity index (χ0v) is 17.6. The topological polar surface area (TPSA) is 93.7 Å². The average molecular weight is 426 g/mol. The first kappa shape index (κ1) is 21.2. The van der Waals surface area contributed by atoms with Crippen LogP contribution in [0.2, 0.25) is 0 Å². The van der Waals surface area contributed by atoms with Crippen molar-refractivity contribution in [3.8, 4) is 11.5 Å². The molecule has 3 aromatic carbocycles. The number of amides is 1. The largest absolute Gasteiger partial charge is 0.497 e. The van der Waals surface area contributed by atoms with E-state index >= 15 is 0 Å². The molecule has 7 nitrogen and oxygen atoms in total. The molecule has 0 aliphatic rings. The minimum absolute atomic E-state index is 0.144. The van der Waals surface area contributed by atoms with Gasteiger partial charge in [-0.25, -0.2) is 8.42 Å². The number of methoxy groups -OCH3 is 2. The van der Waals surface area contributed by atoms with Crippen LogP contribution in [-0.2, 0) is 10.0 Å². The number of anilines is 2. The van der Waals surface area contributed by atoms with E-state index in [1.807, 2.05) is 6.92 Å². The van der Waals surface area contributed by atoms with Crippen molar-refractivity contribution in [1.82, 2.24) is 0 Å². The molecule has 1 amide bonds. The van der Waals surface area contributed by atoms with Crippen molar-refractivity contribution in [2.45, 2.75) is 11.8 Å². The molecule has 0 aliphatic heterocycles. The predicted molar refractivity (Wildman–Crippen MR) is 116 cm³/mol. The Labute approximate surface area is 175 Å². The highest BCUT2D eigenvalue weighted by Crippen LogP contribution is 2.29. The standard InChI is InChI=1S/C22H22N2O5S/c1-15-7-10-19(11-8-15)30(26,27)24-17-6-4-5-16(13-17)22(25)23-20-12-9-18(28-2)14-21(20)29-3/h4-14,24H,1-3H3,(H,23,25). The lowest BCUT2D eigenvalue weighted by Crippen LogP contribution is -2.15. The Balaban J connectivity index is 1.80. The fourth-order valence-corrected chi connectivity index (χ4v) is 3.80. The smallest absolute Gasteiger partial charge is 0.261 e. The summed E-state index contributed by atoms with van der Waals surface area (Å²) in [4.78, 5) is 12.8. The Hall–Kier alpha value is -3.52. The van der Waals surface area contributed by atoms with E-state index in [0.29, 0.717) is 17.2 Å². The first-order chi connectivity index (χ1) is 14.3. The van der Waals surface area contributed by atoms with Gasteiger partial charge in [-0.05, 0) is 49.4 Å². The van der Waals surface area contributed by atoms with Crippen LogP contribution in [-0.4, -0.2) is 28.5 Å². The number of rotatable bonds is 7. The van der Waals surface area contributed by atoms with E-state index in [0.717, 1.165) is 5.56 Å². The van der Waals surface area contributed by atoms with Crippen LogP contribution in [0.5, 0.6) is 11.5 Å². The van der Waals surface area contributed by atoms with Gasteiger partial charge < -0.3 is 14.8 Å². The minimum atomic E-state index is -3.77. The molecule has 3 rings (SSSR count).